The van der Waals surface area contributed by atoms with Gasteiger partial charge in [-0.2, -0.15) is 5.10 Å². The monoisotopic (exact) mass is 454 g/mol. The molecule has 0 saturated heterocycles. The number of nitrogens with zero attached hydrogens (tertiary/aromatic N) is 3. The maximum Gasteiger partial charge on any atom is 0.331 e. The Morgan fingerprint density at radius 2 is 1.88 bits per heavy atom. The largest absolute Gasteiger partial charge is 0.454 e. The number of fused-ring (bicyclic) bond motifs is 1. The second-order valence-corrected chi connectivity index (χ2v) is 7.24. The van der Waals surface area contributed by atoms with Gasteiger partial charge in [0.15, 0.2) is 18.2 Å². The van der Waals surface area contributed by atoms with Gasteiger partial charge in [0.25, 0.3) is 5.91 Å². The summed E-state index contributed by atoms with van der Waals surface area (Å²) in [7, 11) is 0. The van der Waals surface area contributed by atoms with Crippen LogP contribution < -0.4 is 5.32 Å². The molecule has 0 radical (unpaired) electrons. The standard InChI is InChI=1S/C25H18N4O5/c30-23(26-22-12-13-33-28-22)16-32-24(31)11-10-18-15-29(19-7-2-1-3-8-19)27-25(18)21-14-17-6-4-5-9-20(17)34-21/h1-15H,16H2,(H,26,28,30)/b11-10+. The minimum atomic E-state index is -0.682. The van der Waals surface area contributed by atoms with Gasteiger partial charge in [-0.3, -0.25) is 4.79 Å². The summed E-state index contributed by atoms with van der Waals surface area (Å²) in [6, 6.07) is 20.6. The van der Waals surface area contributed by atoms with Crippen LogP contribution >= 0.6 is 0 Å². The van der Waals surface area contributed by atoms with Crippen molar-refractivity contribution in [3.63, 3.8) is 0 Å². The molecule has 0 fully saturated rings. The number of esters is 1. The van der Waals surface area contributed by atoms with Gasteiger partial charge >= 0.3 is 5.97 Å². The minimum Gasteiger partial charge on any atom is -0.454 e. The SMILES string of the molecule is O=C(COC(=O)/C=C/c1cn(-c2ccccc2)nc1-c1cc2ccccc2o1)Nc1ccon1. The van der Waals surface area contributed by atoms with Gasteiger partial charge in [-0.1, -0.05) is 41.6 Å². The van der Waals surface area contributed by atoms with Crippen LogP contribution in [0.5, 0.6) is 0 Å². The van der Waals surface area contributed by atoms with E-state index in [2.05, 4.69) is 20.1 Å². The molecule has 9 nitrogen and oxygen atoms in total. The average molecular weight is 454 g/mol. The number of rotatable bonds is 7. The van der Waals surface area contributed by atoms with Crippen molar-refractivity contribution in [3.05, 3.63) is 90.8 Å². The van der Waals surface area contributed by atoms with Gasteiger partial charge in [0, 0.05) is 29.3 Å². The number of para-hydroxylation sites is 2. The molecule has 0 saturated carbocycles. The predicted octanol–water partition coefficient (Wildman–Crippen LogP) is 4.47. The molecule has 2 aromatic carbocycles. The van der Waals surface area contributed by atoms with Gasteiger partial charge < -0.3 is 19.0 Å². The zero-order valence-electron chi connectivity index (χ0n) is 17.8. The van der Waals surface area contributed by atoms with E-state index in [0.29, 0.717) is 17.0 Å². The number of hydrogen-bond acceptors (Lipinski definition) is 7. The van der Waals surface area contributed by atoms with E-state index in [1.54, 1.807) is 17.0 Å². The molecule has 0 bridgehead atoms. The summed E-state index contributed by atoms with van der Waals surface area (Å²) < 4.78 is 17.3. The van der Waals surface area contributed by atoms with Crippen LogP contribution in [-0.2, 0) is 14.3 Å². The van der Waals surface area contributed by atoms with Gasteiger partial charge in [0.1, 0.15) is 17.5 Å². The number of benzene rings is 2. The maximum atomic E-state index is 12.2. The Hall–Kier alpha value is -4.92. The quantitative estimate of drug-likeness (QED) is 0.285. The Kier molecular flexibility index (Phi) is 5.73. The second-order valence-electron chi connectivity index (χ2n) is 7.24. The Balaban J connectivity index is 1.37. The first-order valence-electron chi connectivity index (χ1n) is 10.3. The summed E-state index contributed by atoms with van der Waals surface area (Å²) in [4.78, 5) is 24.1. The molecule has 5 aromatic rings. The van der Waals surface area contributed by atoms with Gasteiger partial charge in [0.2, 0.25) is 0 Å². The van der Waals surface area contributed by atoms with Crippen molar-refractivity contribution in [3.8, 4) is 17.1 Å². The van der Waals surface area contributed by atoms with Crippen LogP contribution in [0.4, 0.5) is 5.82 Å². The van der Waals surface area contributed by atoms with E-state index in [1.807, 2.05) is 60.7 Å². The Labute approximate surface area is 193 Å². The first kappa shape index (κ1) is 21.0. The lowest BCUT2D eigenvalue weighted by molar-refractivity contribution is -0.142. The van der Waals surface area contributed by atoms with Crippen molar-refractivity contribution in [1.29, 1.82) is 0 Å². The summed E-state index contributed by atoms with van der Waals surface area (Å²) in [5.74, 6) is -0.412. The van der Waals surface area contributed by atoms with Crippen molar-refractivity contribution in [2.24, 2.45) is 0 Å². The van der Waals surface area contributed by atoms with E-state index in [-0.39, 0.29) is 5.82 Å². The van der Waals surface area contributed by atoms with Crippen LogP contribution in [0.3, 0.4) is 0 Å². The van der Waals surface area contributed by atoms with Gasteiger partial charge in [0.05, 0.1) is 5.69 Å². The van der Waals surface area contributed by atoms with Crippen LogP contribution in [-0.4, -0.2) is 33.4 Å². The molecule has 1 N–H and O–H groups in total. The summed E-state index contributed by atoms with van der Waals surface area (Å²) in [6.45, 7) is -0.463. The van der Waals surface area contributed by atoms with Crippen LogP contribution in [0.15, 0.2) is 94.2 Å². The molecule has 0 aliphatic rings. The van der Waals surface area contributed by atoms with E-state index in [9.17, 15) is 9.59 Å². The molecular formula is C25H18N4O5. The third-order valence-electron chi connectivity index (χ3n) is 4.87. The molecular weight excluding hydrogens is 436 g/mol. The minimum absolute atomic E-state index is 0.236. The number of carbonyl (C=O) groups excluding carboxylic acids is 2. The number of aromatic nitrogens is 3. The fourth-order valence-corrected chi connectivity index (χ4v) is 3.31. The number of furan rings is 1. The first-order valence-corrected chi connectivity index (χ1v) is 10.3. The van der Waals surface area contributed by atoms with E-state index >= 15 is 0 Å². The van der Waals surface area contributed by atoms with E-state index in [1.165, 1.54) is 18.4 Å². The third kappa shape index (κ3) is 4.63. The van der Waals surface area contributed by atoms with Crippen LogP contribution in [0.1, 0.15) is 5.56 Å². The van der Waals surface area contributed by atoms with Crippen molar-refractivity contribution in [2.75, 3.05) is 11.9 Å². The first-order chi connectivity index (χ1) is 16.7. The third-order valence-corrected chi connectivity index (χ3v) is 4.87. The zero-order valence-corrected chi connectivity index (χ0v) is 17.8. The van der Waals surface area contributed by atoms with Crippen LogP contribution in [0, 0.1) is 0 Å². The second kappa shape index (κ2) is 9.29. The van der Waals surface area contributed by atoms with Gasteiger partial charge in [-0.05, 0) is 30.3 Å². The van der Waals surface area contributed by atoms with E-state index in [4.69, 9.17) is 9.15 Å². The molecule has 1 amide bonds. The average Bonchev–Trinajstić information content (AvgIpc) is 3.61. The van der Waals surface area contributed by atoms with Crippen molar-refractivity contribution in [1.82, 2.24) is 14.9 Å². The normalized spacial score (nSPS) is 11.2. The lowest BCUT2D eigenvalue weighted by Crippen LogP contribution is -2.20. The smallest absolute Gasteiger partial charge is 0.331 e. The number of ether oxygens (including phenoxy) is 1. The number of anilines is 1. The van der Waals surface area contributed by atoms with Crippen molar-refractivity contribution < 1.29 is 23.3 Å². The molecule has 5 rings (SSSR count). The maximum absolute atomic E-state index is 12.2. The van der Waals surface area contributed by atoms with E-state index in [0.717, 1.165) is 16.7 Å². The molecule has 168 valence electrons. The zero-order chi connectivity index (χ0) is 23.3. The van der Waals surface area contributed by atoms with Crippen molar-refractivity contribution >= 4 is 34.7 Å². The fraction of sp³-hybridized carbons (Fsp3) is 0.0400. The molecule has 0 aliphatic carbocycles. The predicted molar refractivity (Wildman–Crippen MR) is 124 cm³/mol. The lowest BCUT2D eigenvalue weighted by Gasteiger charge is -2.01. The fourth-order valence-electron chi connectivity index (χ4n) is 3.31. The number of nitrogens with one attached hydrogen (secondary N) is 1. The van der Waals surface area contributed by atoms with Crippen molar-refractivity contribution in [2.45, 2.75) is 0 Å². The summed E-state index contributed by atoms with van der Waals surface area (Å²) in [6.07, 6.45) is 5.92. The van der Waals surface area contributed by atoms with E-state index < -0.39 is 18.5 Å². The topological polar surface area (TPSA) is 112 Å². The Bertz CT molecular complexity index is 1430. The molecule has 0 spiro atoms. The number of hydrogen-bond donors (Lipinski definition) is 1. The number of amides is 1. The molecule has 3 heterocycles. The van der Waals surface area contributed by atoms with Crippen LogP contribution in [0.2, 0.25) is 0 Å². The highest BCUT2D eigenvalue weighted by Gasteiger charge is 2.15. The Morgan fingerprint density at radius 1 is 1.06 bits per heavy atom. The molecule has 9 heteroatoms. The molecule has 0 atom stereocenters. The Morgan fingerprint density at radius 3 is 2.68 bits per heavy atom. The highest BCUT2D eigenvalue weighted by atomic mass is 16.5. The highest BCUT2D eigenvalue weighted by molar-refractivity contribution is 5.94. The highest BCUT2D eigenvalue weighted by Crippen LogP contribution is 2.30. The number of carbonyl (C=O) groups is 2. The molecule has 3 aromatic heterocycles. The summed E-state index contributed by atoms with van der Waals surface area (Å²) >= 11 is 0. The summed E-state index contributed by atoms with van der Waals surface area (Å²) in [5, 5.41) is 11.6. The molecule has 0 unspecified atom stereocenters. The van der Waals surface area contributed by atoms with Crippen LogP contribution in [0.25, 0.3) is 34.2 Å². The molecule has 0 aliphatic heterocycles. The van der Waals surface area contributed by atoms with Gasteiger partial charge in [-0.25, -0.2) is 9.48 Å². The summed E-state index contributed by atoms with van der Waals surface area (Å²) in [5.41, 5.74) is 2.80. The molecule has 34 heavy (non-hydrogen) atoms. The lowest BCUT2D eigenvalue weighted by atomic mass is 10.2. The van der Waals surface area contributed by atoms with Gasteiger partial charge in [-0.15, -0.1) is 0 Å².